The molecule has 8 nitrogen and oxygen atoms in total. The first-order chi connectivity index (χ1) is 12.5. The molecule has 3 amide bonds. The van der Waals surface area contributed by atoms with Crippen LogP contribution < -0.4 is 10.6 Å². The molecule has 26 heavy (non-hydrogen) atoms. The molecule has 4 unspecified atom stereocenters. The Morgan fingerprint density at radius 2 is 2.12 bits per heavy atom. The molecule has 0 bridgehead atoms. The molecule has 3 aliphatic heterocycles. The van der Waals surface area contributed by atoms with Crippen LogP contribution in [0.25, 0.3) is 0 Å². The summed E-state index contributed by atoms with van der Waals surface area (Å²) in [4.78, 5) is 40.4. The summed E-state index contributed by atoms with van der Waals surface area (Å²) in [5, 5.41) is 6.13. The fourth-order valence-corrected chi connectivity index (χ4v) is 5.19. The highest BCUT2D eigenvalue weighted by atomic mass is 32.2. The number of hydrogen-bond donors (Lipinski definition) is 2. The molecule has 0 saturated carbocycles. The summed E-state index contributed by atoms with van der Waals surface area (Å²) in [5.41, 5.74) is 0. The zero-order valence-electron chi connectivity index (χ0n) is 15.4. The number of hydrogen-bond acceptors (Lipinski definition) is 7. The Hall–Kier alpha value is -1.32. The molecule has 3 rings (SSSR count). The first-order valence-corrected chi connectivity index (χ1v) is 10.4. The Morgan fingerprint density at radius 3 is 2.85 bits per heavy atom. The molecular formula is C17H28N4O4S. The third-order valence-corrected chi connectivity index (χ3v) is 6.58. The lowest BCUT2D eigenvalue weighted by molar-refractivity contribution is -0.133. The molecule has 4 atom stereocenters. The first-order valence-electron chi connectivity index (χ1n) is 9.37. The molecule has 0 aromatic rings. The number of thioether (sulfide) groups is 1. The highest BCUT2D eigenvalue weighted by Gasteiger charge is 2.41. The van der Waals surface area contributed by atoms with Gasteiger partial charge in [-0.25, -0.2) is 4.79 Å². The van der Waals surface area contributed by atoms with Crippen LogP contribution in [0.4, 0.5) is 4.79 Å². The lowest BCUT2D eigenvalue weighted by Gasteiger charge is -2.28. The predicted molar refractivity (Wildman–Crippen MR) is 98.4 cm³/mol. The largest absolute Gasteiger partial charge is 0.449 e. The number of imide groups is 1. The van der Waals surface area contributed by atoms with Crippen LogP contribution in [-0.2, 0) is 14.3 Å². The van der Waals surface area contributed by atoms with Crippen molar-refractivity contribution in [3.05, 3.63) is 0 Å². The van der Waals surface area contributed by atoms with E-state index < -0.39 is 12.0 Å². The van der Waals surface area contributed by atoms with Gasteiger partial charge in [0.25, 0.3) is 0 Å². The van der Waals surface area contributed by atoms with Crippen LogP contribution >= 0.6 is 11.8 Å². The second kappa shape index (κ2) is 8.58. The second-order valence-corrected chi connectivity index (χ2v) is 8.27. The second-order valence-electron chi connectivity index (χ2n) is 7.02. The van der Waals surface area contributed by atoms with Gasteiger partial charge in [-0.15, -0.1) is 11.8 Å². The molecule has 0 aromatic carbocycles. The molecule has 0 aliphatic carbocycles. The van der Waals surface area contributed by atoms with Crippen molar-refractivity contribution in [2.45, 2.75) is 50.2 Å². The van der Waals surface area contributed by atoms with Gasteiger partial charge in [0.15, 0.2) is 0 Å². The number of piperidine rings is 1. The molecule has 0 radical (unpaired) electrons. The van der Waals surface area contributed by atoms with Gasteiger partial charge >= 0.3 is 6.09 Å². The Bertz CT molecular complexity index is 547. The van der Waals surface area contributed by atoms with E-state index in [1.165, 1.54) is 19.9 Å². The molecule has 146 valence electrons. The summed E-state index contributed by atoms with van der Waals surface area (Å²) in [6, 6.07) is -0.238. The van der Waals surface area contributed by atoms with Crippen LogP contribution in [0.2, 0.25) is 0 Å². The van der Waals surface area contributed by atoms with Crippen LogP contribution in [0.1, 0.15) is 32.6 Å². The third-order valence-electron chi connectivity index (χ3n) is 5.31. The number of nitrogens with zero attached hydrogens (tertiary/aromatic N) is 2. The maximum atomic E-state index is 12.7. The molecule has 0 spiro atoms. The van der Waals surface area contributed by atoms with Gasteiger partial charge in [-0.1, -0.05) is 0 Å². The van der Waals surface area contributed by atoms with Crippen LogP contribution in [0, 0.1) is 5.92 Å². The Balaban J connectivity index is 1.55. The lowest BCUT2D eigenvalue weighted by atomic mass is 10.0. The van der Waals surface area contributed by atoms with E-state index >= 15 is 0 Å². The van der Waals surface area contributed by atoms with E-state index in [2.05, 4.69) is 15.5 Å². The van der Waals surface area contributed by atoms with Crippen molar-refractivity contribution in [2.75, 3.05) is 32.5 Å². The van der Waals surface area contributed by atoms with Crippen LogP contribution in [0.15, 0.2) is 0 Å². The van der Waals surface area contributed by atoms with Gasteiger partial charge in [-0.2, -0.15) is 0 Å². The van der Waals surface area contributed by atoms with Crippen molar-refractivity contribution in [1.82, 2.24) is 20.4 Å². The van der Waals surface area contributed by atoms with E-state index in [1.807, 2.05) is 0 Å². The minimum absolute atomic E-state index is 0.0598. The first kappa shape index (κ1) is 19.4. The average Bonchev–Trinajstić information content (AvgIpc) is 3.27. The van der Waals surface area contributed by atoms with Crippen molar-refractivity contribution in [2.24, 2.45) is 5.92 Å². The maximum Gasteiger partial charge on any atom is 0.416 e. The normalized spacial score (nSPS) is 31.3. The molecule has 3 saturated heterocycles. The quantitative estimate of drug-likeness (QED) is 0.733. The van der Waals surface area contributed by atoms with E-state index in [-0.39, 0.29) is 29.8 Å². The van der Waals surface area contributed by atoms with E-state index in [4.69, 9.17) is 4.74 Å². The SMILES string of the molecule is CCOC(=O)N(C)C(=O)C1CCSC1NC(=O)C1CN2CCCCC2N1. The third kappa shape index (κ3) is 4.15. The summed E-state index contributed by atoms with van der Waals surface area (Å²) in [5.74, 6) is 0.0264. The van der Waals surface area contributed by atoms with Gasteiger partial charge in [0, 0.05) is 13.6 Å². The van der Waals surface area contributed by atoms with Crippen molar-refractivity contribution in [3.8, 4) is 0 Å². The Morgan fingerprint density at radius 1 is 1.31 bits per heavy atom. The zero-order valence-corrected chi connectivity index (χ0v) is 16.2. The fourth-order valence-electron chi connectivity index (χ4n) is 3.86. The summed E-state index contributed by atoms with van der Waals surface area (Å²) in [7, 11) is 1.43. The van der Waals surface area contributed by atoms with E-state index in [1.54, 1.807) is 18.7 Å². The van der Waals surface area contributed by atoms with Crippen molar-refractivity contribution < 1.29 is 19.1 Å². The smallest absolute Gasteiger partial charge is 0.416 e. The Labute approximate surface area is 158 Å². The summed E-state index contributed by atoms with van der Waals surface area (Å²) < 4.78 is 4.89. The molecule has 3 aliphatic rings. The van der Waals surface area contributed by atoms with E-state index in [0.29, 0.717) is 12.6 Å². The number of nitrogens with one attached hydrogen (secondary N) is 2. The van der Waals surface area contributed by atoms with E-state index in [0.717, 1.165) is 30.2 Å². The molecular weight excluding hydrogens is 356 g/mol. The lowest BCUT2D eigenvalue weighted by Crippen LogP contribution is -2.50. The average molecular weight is 385 g/mol. The minimum Gasteiger partial charge on any atom is -0.449 e. The van der Waals surface area contributed by atoms with Crippen molar-refractivity contribution >= 4 is 29.7 Å². The number of amides is 3. The fraction of sp³-hybridized carbons (Fsp3) is 0.824. The zero-order chi connectivity index (χ0) is 18.7. The summed E-state index contributed by atoms with van der Waals surface area (Å²) in [6.45, 7) is 3.67. The molecule has 3 fully saturated rings. The van der Waals surface area contributed by atoms with Crippen LogP contribution in [0.5, 0.6) is 0 Å². The number of fused-ring (bicyclic) bond motifs is 1. The Kier molecular flexibility index (Phi) is 6.42. The molecule has 0 aromatic heterocycles. The van der Waals surface area contributed by atoms with Gasteiger partial charge in [0.05, 0.1) is 24.1 Å². The summed E-state index contributed by atoms with van der Waals surface area (Å²) >= 11 is 1.56. The van der Waals surface area contributed by atoms with Crippen molar-refractivity contribution in [3.63, 3.8) is 0 Å². The van der Waals surface area contributed by atoms with Crippen LogP contribution in [-0.4, -0.2) is 77.8 Å². The maximum absolute atomic E-state index is 12.7. The van der Waals surface area contributed by atoms with Gasteiger partial charge < -0.3 is 10.1 Å². The van der Waals surface area contributed by atoms with Gasteiger partial charge in [-0.3, -0.25) is 24.7 Å². The monoisotopic (exact) mass is 384 g/mol. The molecule has 3 heterocycles. The van der Waals surface area contributed by atoms with E-state index in [9.17, 15) is 14.4 Å². The predicted octanol–water partition coefficient (Wildman–Crippen LogP) is 0.581. The number of carbonyl (C=O) groups is 3. The van der Waals surface area contributed by atoms with Crippen LogP contribution in [0.3, 0.4) is 0 Å². The van der Waals surface area contributed by atoms with Gasteiger partial charge in [-0.05, 0) is 44.9 Å². The number of carbonyl (C=O) groups excluding carboxylic acids is 3. The summed E-state index contributed by atoms with van der Waals surface area (Å²) in [6.07, 6.45) is 3.75. The number of rotatable bonds is 4. The minimum atomic E-state index is -0.645. The highest BCUT2D eigenvalue weighted by Crippen LogP contribution is 2.32. The molecule has 9 heteroatoms. The van der Waals surface area contributed by atoms with Gasteiger partial charge in [0.1, 0.15) is 6.04 Å². The standard InChI is InChI=1S/C17H28N4O4S/c1-3-25-17(24)20(2)16(23)11-7-9-26-15(11)19-14(22)12-10-21-8-5-4-6-13(21)18-12/h11-13,15,18H,3-10H2,1-2H3,(H,19,22). The number of ether oxygens (including phenoxy) is 1. The van der Waals surface area contributed by atoms with Crippen molar-refractivity contribution in [1.29, 1.82) is 0 Å². The highest BCUT2D eigenvalue weighted by molar-refractivity contribution is 8.00. The van der Waals surface area contributed by atoms with Gasteiger partial charge in [0.2, 0.25) is 11.8 Å². The molecule has 2 N–H and O–H groups in total. The topological polar surface area (TPSA) is 91.0 Å².